The van der Waals surface area contributed by atoms with E-state index in [1.54, 1.807) is 73.8 Å². The summed E-state index contributed by atoms with van der Waals surface area (Å²) < 4.78 is 50.3. The normalized spacial score (nSPS) is 14.3. The lowest BCUT2D eigenvalue weighted by Gasteiger charge is -2.35. The van der Waals surface area contributed by atoms with E-state index in [9.17, 15) is 22.4 Å². The maximum atomic E-state index is 14.3. The standard InChI is InChI=1S/C30H31FN4O5S/c1-3-40-27-15-9-8-14-26(27)32(2)29(36)21-34-20-28(22-10-4-5-11-23(22)30(34)37)41(38,39)35-18-16-33(17-19-35)25-13-7-6-12-24(25)31/h4-15,20H,3,16-19,21H2,1-2H3. The third kappa shape index (κ3) is 5.55. The fourth-order valence-electron chi connectivity index (χ4n) is 5.05. The van der Waals surface area contributed by atoms with Gasteiger partial charge in [-0.1, -0.05) is 42.5 Å². The number of rotatable bonds is 8. The van der Waals surface area contributed by atoms with Gasteiger partial charge in [0, 0.05) is 50.2 Å². The number of halogens is 1. The molecule has 0 saturated carbocycles. The molecule has 0 atom stereocenters. The van der Waals surface area contributed by atoms with E-state index in [1.165, 1.54) is 21.5 Å². The predicted molar refractivity (Wildman–Crippen MR) is 157 cm³/mol. The molecule has 0 radical (unpaired) electrons. The van der Waals surface area contributed by atoms with Crippen LogP contribution in [-0.4, -0.2) is 63.0 Å². The zero-order valence-electron chi connectivity index (χ0n) is 22.9. The van der Waals surface area contributed by atoms with Gasteiger partial charge in [-0.05, 0) is 37.3 Å². The summed E-state index contributed by atoms with van der Waals surface area (Å²) >= 11 is 0. The summed E-state index contributed by atoms with van der Waals surface area (Å²) in [6.07, 6.45) is 1.25. The number of carbonyl (C=O) groups is 1. The molecule has 1 fully saturated rings. The highest BCUT2D eigenvalue weighted by Crippen LogP contribution is 2.29. The molecule has 0 bridgehead atoms. The first-order chi connectivity index (χ1) is 19.7. The van der Waals surface area contributed by atoms with Crippen molar-refractivity contribution in [1.82, 2.24) is 8.87 Å². The molecule has 2 heterocycles. The first-order valence-electron chi connectivity index (χ1n) is 13.3. The highest BCUT2D eigenvalue weighted by molar-refractivity contribution is 7.89. The number of pyridine rings is 1. The Balaban J connectivity index is 1.45. The molecule has 3 aromatic carbocycles. The smallest absolute Gasteiger partial charge is 0.258 e. The molecule has 1 saturated heterocycles. The highest BCUT2D eigenvalue weighted by atomic mass is 32.2. The van der Waals surface area contributed by atoms with Crippen LogP contribution in [0.25, 0.3) is 10.8 Å². The van der Waals surface area contributed by atoms with Gasteiger partial charge < -0.3 is 19.1 Å². The Morgan fingerprint density at radius 2 is 1.56 bits per heavy atom. The molecule has 4 aromatic rings. The van der Waals surface area contributed by atoms with Gasteiger partial charge in [0.25, 0.3) is 5.56 Å². The second-order valence-corrected chi connectivity index (χ2v) is 11.6. The highest BCUT2D eigenvalue weighted by Gasteiger charge is 2.32. The topological polar surface area (TPSA) is 92.2 Å². The van der Waals surface area contributed by atoms with Crippen molar-refractivity contribution < 1.29 is 22.3 Å². The van der Waals surface area contributed by atoms with Crippen molar-refractivity contribution in [1.29, 1.82) is 0 Å². The van der Waals surface area contributed by atoms with Crippen LogP contribution < -0.4 is 20.1 Å². The van der Waals surface area contributed by atoms with Crippen LogP contribution in [0.2, 0.25) is 0 Å². The van der Waals surface area contributed by atoms with E-state index in [4.69, 9.17) is 4.74 Å². The lowest BCUT2D eigenvalue weighted by atomic mass is 10.2. The molecule has 11 heteroatoms. The number of sulfonamides is 1. The van der Waals surface area contributed by atoms with Crippen LogP contribution in [0.15, 0.2) is 88.7 Å². The molecule has 1 amide bonds. The molecule has 0 N–H and O–H groups in total. The van der Waals surface area contributed by atoms with E-state index in [0.29, 0.717) is 36.8 Å². The quantitative estimate of drug-likeness (QED) is 0.317. The first kappa shape index (κ1) is 28.3. The maximum Gasteiger partial charge on any atom is 0.258 e. The largest absolute Gasteiger partial charge is 0.492 e. The van der Waals surface area contributed by atoms with E-state index in [1.807, 2.05) is 11.8 Å². The van der Waals surface area contributed by atoms with Crippen molar-refractivity contribution in [2.24, 2.45) is 0 Å². The predicted octanol–water partition coefficient (Wildman–Crippen LogP) is 3.71. The van der Waals surface area contributed by atoms with Gasteiger partial charge in [0.15, 0.2) is 0 Å². The molecule has 1 aromatic heterocycles. The number of ether oxygens (including phenoxy) is 1. The van der Waals surface area contributed by atoms with E-state index in [2.05, 4.69) is 0 Å². The average molecular weight is 579 g/mol. The molecule has 214 valence electrons. The summed E-state index contributed by atoms with van der Waals surface area (Å²) in [5.74, 6) is -0.258. The third-order valence-electron chi connectivity index (χ3n) is 7.21. The number of benzene rings is 3. The summed E-state index contributed by atoms with van der Waals surface area (Å²) in [5, 5.41) is 0.483. The Hall–Kier alpha value is -4.22. The van der Waals surface area contributed by atoms with Gasteiger partial charge in [0.2, 0.25) is 15.9 Å². The molecule has 1 aliphatic heterocycles. The number of amides is 1. The summed E-state index contributed by atoms with van der Waals surface area (Å²) in [6, 6.07) is 19.9. The molecular formula is C30H31FN4O5S. The molecule has 1 aliphatic rings. The van der Waals surface area contributed by atoms with Gasteiger partial charge in [-0.15, -0.1) is 0 Å². The molecule has 9 nitrogen and oxygen atoms in total. The SMILES string of the molecule is CCOc1ccccc1N(C)C(=O)Cn1cc(S(=O)(=O)N2CCN(c3ccccc3F)CC2)c2ccccc2c1=O. The number of hydrogen-bond donors (Lipinski definition) is 0. The Kier molecular flexibility index (Phi) is 8.09. The monoisotopic (exact) mass is 578 g/mol. The minimum Gasteiger partial charge on any atom is -0.492 e. The zero-order chi connectivity index (χ0) is 29.1. The number of aromatic nitrogens is 1. The molecule has 0 spiro atoms. The number of carbonyl (C=O) groups excluding carboxylic acids is 1. The molecule has 0 unspecified atom stereocenters. The second kappa shape index (κ2) is 11.7. The van der Waals surface area contributed by atoms with Crippen molar-refractivity contribution in [3.8, 4) is 5.75 Å². The summed E-state index contributed by atoms with van der Waals surface area (Å²) in [4.78, 5) is 29.9. The van der Waals surface area contributed by atoms with Crippen LogP contribution in [-0.2, 0) is 21.4 Å². The lowest BCUT2D eigenvalue weighted by Crippen LogP contribution is -2.49. The first-order valence-corrected chi connectivity index (χ1v) is 14.8. The van der Waals surface area contributed by atoms with Crippen LogP contribution in [0.3, 0.4) is 0 Å². The number of hydrogen-bond acceptors (Lipinski definition) is 6. The van der Waals surface area contributed by atoms with E-state index in [-0.39, 0.29) is 41.1 Å². The van der Waals surface area contributed by atoms with Crippen LogP contribution in [0.4, 0.5) is 15.8 Å². The minimum absolute atomic E-state index is 0.0581. The Morgan fingerprint density at radius 1 is 0.927 bits per heavy atom. The van der Waals surface area contributed by atoms with Crippen LogP contribution >= 0.6 is 0 Å². The Bertz CT molecular complexity index is 1750. The van der Waals surface area contributed by atoms with Crippen molar-refractivity contribution in [3.63, 3.8) is 0 Å². The van der Waals surface area contributed by atoms with E-state index >= 15 is 0 Å². The van der Waals surface area contributed by atoms with Gasteiger partial charge in [0.1, 0.15) is 23.0 Å². The van der Waals surface area contributed by atoms with Crippen LogP contribution in [0, 0.1) is 5.82 Å². The number of piperazine rings is 1. The maximum absolute atomic E-state index is 14.3. The van der Waals surface area contributed by atoms with Gasteiger partial charge in [-0.3, -0.25) is 9.59 Å². The lowest BCUT2D eigenvalue weighted by molar-refractivity contribution is -0.118. The van der Waals surface area contributed by atoms with Gasteiger partial charge >= 0.3 is 0 Å². The zero-order valence-corrected chi connectivity index (χ0v) is 23.7. The third-order valence-corrected chi connectivity index (χ3v) is 9.14. The van der Waals surface area contributed by atoms with Gasteiger partial charge in [-0.25, -0.2) is 12.8 Å². The minimum atomic E-state index is -4.06. The number of likely N-dealkylation sites (N-methyl/N-ethyl adjacent to an activating group) is 1. The molecule has 0 aliphatic carbocycles. The number of nitrogens with zero attached hydrogens (tertiary/aromatic N) is 4. The van der Waals surface area contributed by atoms with E-state index in [0.717, 1.165) is 4.57 Å². The molecule has 5 rings (SSSR count). The fourth-order valence-corrected chi connectivity index (χ4v) is 6.69. The van der Waals surface area contributed by atoms with Gasteiger partial charge in [0.05, 0.1) is 18.0 Å². The van der Waals surface area contributed by atoms with Crippen molar-refractivity contribution in [2.45, 2.75) is 18.4 Å². The number of fused-ring (bicyclic) bond motifs is 1. The van der Waals surface area contributed by atoms with Crippen molar-refractivity contribution in [2.75, 3.05) is 49.6 Å². The summed E-state index contributed by atoms with van der Waals surface area (Å²) in [5.41, 5.74) is 0.495. The average Bonchev–Trinajstić information content (AvgIpc) is 2.99. The van der Waals surface area contributed by atoms with Crippen molar-refractivity contribution in [3.05, 3.63) is 95.2 Å². The van der Waals surface area contributed by atoms with E-state index < -0.39 is 21.5 Å². The van der Waals surface area contributed by atoms with Crippen LogP contribution in [0.1, 0.15) is 6.92 Å². The Labute approximate surface area is 238 Å². The summed E-state index contributed by atoms with van der Waals surface area (Å²) in [6.45, 7) is 2.78. The molecular weight excluding hydrogens is 547 g/mol. The van der Waals surface area contributed by atoms with Gasteiger partial charge in [-0.2, -0.15) is 4.31 Å². The molecule has 41 heavy (non-hydrogen) atoms. The number of anilines is 2. The summed E-state index contributed by atoms with van der Waals surface area (Å²) in [7, 11) is -2.48. The second-order valence-electron chi connectivity index (χ2n) is 9.67. The number of para-hydroxylation sites is 3. The van der Waals surface area contributed by atoms with Crippen molar-refractivity contribution >= 4 is 38.1 Å². The van der Waals surface area contributed by atoms with Crippen LogP contribution in [0.5, 0.6) is 5.75 Å². The Morgan fingerprint density at radius 3 is 2.27 bits per heavy atom. The fraction of sp³-hybridized carbons (Fsp3) is 0.267.